The molecule has 9 heavy (non-hydrogen) atoms. The van der Waals surface area contributed by atoms with Crippen LogP contribution in [0.2, 0.25) is 0 Å². The topological polar surface area (TPSA) is 83.6 Å². The van der Waals surface area contributed by atoms with Crippen molar-refractivity contribution in [3.63, 3.8) is 0 Å². The molecule has 4 N–H and O–H groups in total. The molecule has 2 atom stereocenters. The molecule has 54 valence electrons. The third-order valence-corrected chi connectivity index (χ3v) is 1.21. The lowest BCUT2D eigenvalue weighted by molar-refractivity contribution is -0.125. The second kappa shape index (κ2) is 3.42. The van der Waals surface area contributed by atoms with Crippen molar-refractivity contribution in [1.29, 1.82) is 0 Å². The van der Waals surface area contributed by atoms with E-state index in [1.165, 1.54) is 6.92 Å². The van der Waals surface area contributed by atoms with Crippen molar-refractivity contribution >= 4 is 5.91 Å². The Morgan fingerprint density at radius 2 is 2.22 bits per heavy atom. The van der Waals surface area contributed by atoms with Crippen molar-refractivity contribution in [3.05, 3.63) is 0 Å². The van der Waals surface area contributed by atoms with Gasteiger partial charge in [0.15, 0.2) is 0 Å². The first-order chi connectivity index (χ1) is 4.09. The van der Waals surface area contributed by atoms with Gasteiger partial charge >= 0.3 is 0 Å². The molecule has 0 fully saturated rings. The van der Waals surface area contributed by atoms with Crippen LogP contribution in [0.15, 0.2) is 0 Å². The van der Waals surface area contributed by atoms with Crippen LogP contribution in [0.3, 0.4) is 0 Å². The third kappa shape index (κ3) is 2.43. The molecule has 0 aromatic rings. The molecule has 4 heteroatoms. The van der Waals surface area contributed by atoms with Gasteiger partial charge in [0.25, 0.3) is 0 Å². The van der Waals surface area contributed by atoms with Crippen molar-refractivity contribution in [1.82, 2.24) is 0 Å². The highest BCUT2D eigenvalue weighted by Gasteiger charge is 2.17. The van der Waals surface area contributed by atoms with E-state index in [1.54, 1.807) is 0 Å². The van der Waals surface area contributed by atoms with Crippen molar-refractivity contribution in [2.24, 2.45) is 11.7 Å². The summed E-state index contributed by atoms with van der Waals surface area (Å²) in [5.74, 6) is -1.27. The van der Waals surface area contributed by atoms with Crippen LogP contribution in [-0.2, 0) is 4.79 Å². The second-order valence-corrected chi connectivity index (χ2v) is 1.94. The van der Waals surface area contributed by atoms with E-state index < -0.39 is 24.5 Å². The summed E-state index contributed by atoms with van der Waals surface area (Å²) in [6.45, 7) is 1.04. The molecular formula is C5H11NO3. The van der Waals surface area contributed by atoms with Gasteiger partial charge in [0, 0.05) is 0 Å². The molecule has 0 aromatic carbocycles. The molecule has 0 aromatic heterocycles. The summed E-state index contributed by atoms with van der Waals surface area (Å²) in [5.41, 5.74) is 4.80. The zero-order valence-corrected chi connectivity index (χ0v) is 5.24. The van der Waals surface area contributed by atoms with E-state index >= 15 is 0 Å². The SMILES string of the molecule is C[C@H](C(N)=O)[C@H](O)CO. The van der Waals surface area contributed by atoms with Gasteiger partial charge in [0.1, 0.15) is 0 Å². The molecular weight excluding hydrogens is 122 g/mol. The van der Waals surface area contributed by atoms with E-state index in [0.29, 0.717) is 0 Å². The number of aliphatic hydroxyl groups excluding tert-OH is 2. The summed E-state index contributed by atoms with van der Waals surface area (Å²) < 4.78 is 0. The van der Waals surface area contributed by atoms with Crippen LogP contribution < -0.4 is 5.73 Å². The number of nitrogens with two attached hydrogens (primary N) is 1. The van der Waals surface area contributed by atoms with Gasteiger partial charge in [-0.2, -0.15) is 0 Å². The normalized spacial score (nSPS) is 16.8. The minimum Gasteiger partial charge on any atom is -0.394 e. The summed E-state index contributed by atoms with van der Waals surface area (Å²) >= 11 is 0. The lowest BCUT2D eigenvalue weighted by Crippen LogP contribution is -2.33. The number of carbonyl (C=O) groups excluding carboxylic acids is 1. The zero-order chi connectivity index (χ0) is 7.44. The average molecular weight is 133 g/mol. The highest BCUT2D eigenvalue weighted by atomic mass is 16.3. The van der Waals surface area contributed by atoms with Crippen LogP contribution >= 0.6 is 0 Å². The number of aliphatic hydroxyl groups is 2. The maximum atomic E-state index is 10.3. The maximum absolute atomic E-state index is 10.3. The fraction of sp³-hybridized carbons (Fsp3) is 0.800. The van der Waals surface area contributed by atoms with Gasteiger partial charge in [-0.1, -0.05) is 6.92 Å². The molecule has 0 radical (unpaired) electrons. The zero-order valence-electron chi connectivity index (χ0n) is 5.24. The van der Waals surface area contributed by atoms with E-state index in [-0.39, 0.29) is 0 Å². The first-order valence-electron chi connectivity index (χ1n) is 2.67. The molecule has 0 aliphatic rings. The number of hydrogen-bond donors (Lipinski definition) is 3. The highest BCUT2D eigenvalue weighted by Crippen LogP contribution is 1.99. The summed E-state index contributed by atoms with van der Waals surface area (Å²) in [4.78, 5) is 10.3. The quantitative estimate of drug-likeness (QED) is 0.436. The molecule has 0 bridgehead atoms. The lowest BCUT2D eigenvalue weighted by atomic mass is 10.1. The van der Waals surface area contributed by atoms with Gasteiger partial charge in [-0.15, -0.1) is 0 Å². The van der Waals surface area contributed by atoms with Crippen LogP contribution in [0, 0.1) is 5.92 Å². The van der Waals surface area contributed by atoms with Crippen LogP contribution in [0.5, 0.6) is 0 Å². The third-order valence-electron chi connectivity index (χ3n) is 1.21. The largest absolute Gasteiger partial charge is 0.394 e. The number of primary amides is 1. The van der Waals surface area contributed by atoms with E-state index in [2.05, 4.69) is 0 Å². The molecule has 0 unspecified atom stereocenters. The second-order valence-electron chi connectivity index (χ2n) is 1.94. The minimum atomic E-state index is -1.03. The fourth-order valence-electron chi connectivity index (χ4n) is 0.348. The van der Waals surface area contributed by atoms with Crippen molar-refractivity contribution in [2.45, 2.75) is 13.0 Å². The predicted molar refractivity (Wildman–Crippen MR) is 31.5 cm³/mol. The highest BCUT2D eigenvalue weighted by molar-refractivity contribution is 5.76. The summed E-state index contributed by atoms with van der Waals surface area (Å²) in [7, 11) is 0. The smallest absolute Gasteiger partial charge is 0.222 e. The molecule has 0 rings (SSSR count). The predicted octanol–water partition coefficient (Wildman–Crippen LogP) is -1.54. The monoisotopic (exact) mass is 133 g/mol. The Balaban J connectivity index is 3.72. The van der Waals surface area contributed by atoms with E-state index in [9.17, 15) is 4.79 Å². The van der Waals surface area contributed by atoms with Crippen LogP contribution in [-0.4, -0.2) is 28.8 Å². The average Bonchev–Trinajstić information content (AvgIpc) is 1.84. The van der Waals surface area contributed by atoms with Gasteiger partial charge in [-0.05, 0) is 0 Å². The van der Waals surface area contributed by atoms with Crippen molar-refractivity contribution < 1.29 is 15.0 Å². The van der Waals surface area contributed by atoms with Crippen LogP contribution in [0.25, 0.3) is 0 Å². The van der Waals surface area contributed by atoms with Gasteiger partial charge in [0.2, 0.25) is 5.91 Å². The standard InChI is InChI=1S/C5H11NO3/c1-3(5(6)9)4(8)2-7/h3-4,7-8H,2H2,1H3,(H2,6,9)/t3-,4+/m0/s1. The van der Waals surface area contributed by atoms with Crippen LogP contribution in [0.1, 0.15) is 6.92 Å². The molecule has 0 heterocycles. The van der Waals surface area contributed by atoms with Crippen LogP contribution in [0.4, 0.5) is 0 Å². The molecule has 1 amide bonds. The molecule has 0 saturated heterocycles. The van der Waals surface area contributed by atoms with Crippen molar-refractivity contribution in [2.75, 3.05) is 6.61 Å². The first-order valence-corrected chi connectivity index (χ1v) is 2.67. The van der Waals surface area contributed by atoms with Gasteiger partial charge in [0.05, 0.1) is 18.6 Å². The summed E-state index contributed by atoms with van der Waals surface area (Å²) in [5, 5.41) is 17.0. The minimum absolute atomic E-state index is 0.426. The van der Waals surface area contributed by atoms with E-state index in [4.69, 9.17) is 15.9 Å². The summed E-state index contributed by atoms with van der Waals surface area (Å²) in [6.07, 6.45) is -1.03. The first kappa shape index (κ1) is 8.39. The van der Waals surface area contributed by atoms with E-state index in [1.807, 2.05) is 0 Å². The van der Waals surface area contributed by atoms with Gasteiger partial charge < -0.3 is 15.9 Å². The fourth-order valence-corrected chi connectivity index (χ4v) is 0.348. The Hall–Kier alpha value is -0.610. The number of hydrogen-bond acceptors (Lipinski definition) is 3. The number of carbonyl (C=O) groups is 1. The number of rotatable bonds is 3. The van der Waals surface area contributed by atoms with Gasteiger partial charge in [-0.25, -0.2) is 0 Å². The number of amides is 1. The van der Waals surface area contributed by atoms with Gasteiger partial charge in [-0.3, -0.25) is 4.79 Å². The Morgan fingerprint density at radius 3 is 2.33 bits per heavy atom. The molecule has 4 nitrogen and oxygen atoms in total. The molecule has 0 aliphatic heterocycles. The Kier molecular flexibility index (Phi) is 3.19. The lowest BCUT2D eigenvalue weighted by Gasteiger charge is -2.11. The molecule has 0 aliphatic carbocycles. The molecule has 0 spiro atoms. The molecule has 0 saturated carbocycles. The maximum Gasteiger partial charge on any atom is 0.222 e. The Labute approximate surface area is 53.3 Å². The van der Waals surface area contributed by atoms with Crippen molar-refractivity contribution in [3.8, 4) is 0 Å². The Morgan fingerprint density at radius 1 is 1.78 bits per heavy atom. The summed E-state index contributed by atoms with van der Waals surface area (Å²) in [6, 6.07) is 0. The Bertz CT molecular complexity index is 104. The van der Waals surface area contributed by atoms with E-state index in [0.717, 1.165) is 0 Å².